The second kappa shape index (κ2) is 11.6. The second-order valence-corrected chi connectivity index (χ2v) is 11.1. The van der Waals surface area contributed by atoms with Crippen molar-refractivity contribution in [1.29, 1.82) is 10.5 Å². The molecule has 0 fully saturated rings. The number of aromatic nitrogens is 3. The van der Waals surface area contributed by atoms with E-state index in [9.17, 15) is 10.5 Å². The minimum atomic E-state index is 0.334. The van der Waals surface area contributed by atoms with Gasteiger partial charge in [0.05, 0.1) is 11.1 Å². The van der Waals surface area contributed by atoms with E-state index in [0.29, 0.717) is 34.2 Å². The minimum absolute atomic E-state index is 0.334. The van der Waals surface area contributed by atoms with Crippen molar-refractivity contribution in [2.75, 3.05) is 0 Å². The fourth-order valence-electron chi connectivity index (χ4n) is 6.01. The number of benzene rings is 6. The van der Waals surface area contributed by atoms with E-state index in [1.165, 1.54) is 0 Å². The molecule has 6 aromatic carbocycles. The first-order valence-corrected chi connectivity index (χ1v) is 15.1. The van der Waals surface area contributed by atoms with Crippen LogP contribution in [0.15, 0.2) is 144 Å². The maximum atomic E-state index is 9.86. The molecule has 0 unspecified atom stereocenters. The van der Waals surface area contributed by atoms with Crippen LogP contribution in [0, 0.1) is 22.7 Å². The molecule has 0 saturated carbocycles. The van der Waals surface area contributed by atoms with E-state index in [0.717, 1.165) is 55.3 Å². The highest BCUT2D eigenvalue weighted by Crippen LogP contribution is 2.38. The highest BCUT2D eigenvalue weighted by Gasteiger charge is 2.17. The van der Waals surface area contributed by atoms with Gasteiger partial charge in [-0.2, -0.15) is 10.5 Å². The van der Waals surface area contributed by atoms with Gasteiger partial charge in [-0.1, -0.05) is 109 Å². The van der Waals surface area contributed by atoms with Crippen molar-refractivity contribution in [3.05, 3.63) is 151 Å². The lowest BCUT2D eigenvalue weighted by Gasteiger charge is -2.10. The third kappa shape index (κ3) is 4.97. The standard InChI is InChI=1S/C41H23N5O/c42-24-31-16-8-17-32(35(31)25-43)28-14-7-15-29(22-28)40-44-39(27-12-5-2-6-13-27)45-41(46-40)30-20-21-34-37(23-30)47-36-19-9-18-33(38(34)36)26-10-3-1-4-11-26/h1-23H. The van der Waals surface area contributed by atoms with E-state index < -0.39 is 0 Å². The van der Waals surface area contributed by atoms with Gasteiger partial charge >= 0.3 is 0 Å². The molecule has 2 heterocycles. The Hall–Kier alpha value is -6.89. The number of fused-ring (bicyclic) bond motifs is 3. The van der Waals surface area contributed by atoms with Crippen LogP contribution in [0.5, 0.6) is 0 Å². The van der Waals surface area contributed by atoms with Gasteiger partial charge in [-0.3, -0.25) is 0 Å². The summed E-state index contributed by atoms with van der Waals surface area (Å²) in [5.74, 6) is 1.53. The zero-order chi connectivity index (χ0) is 31.7. The largest absolute Gasteiger partial charge is 0.456 e. The average Bonchev–Trinajstić information content (AvgIpc) is 3.53. The highest BCUT2D eigenvalue weighted by atomic mass is 16.3. The monoisotopic (exact) mass is 601 g/mol. The van der Waals surface area contributed by atoms with Crippen LogP contribution < -0.4 is 0 Å². The molecule has 218 valence electrons. The van der Waals surface area contributed by atoms with Gasteiger partial charge in [0.25, 0.3) is 0 Å². The van der Waals surface area contributed by atoms with Gasteiger partial charge in [-0.25, -0.2) is 15.0 Å². The molecule has 0 amide bonds. The Morgan fingerprint density at radius 2 is 1.04 bits per heavy atom. The summed E-state index contributed by atoms with van der Waals surface area (Å²) in [5.41, 5.74) is 8.35. The second-order valence-electron chi connectivity index (χ2n) is 11.1. The quantitative estimate of drug-likeness (QED) is 0.195. The van der Waals surface area contributed by atoms with E-state index in [1.807, 2.05) is 103 Å². The molecule has 0 aliphatic rings. The Bertz CT molecular complexity index is 2540. The molecule has 6 heteroatoms. The van der Waals surface area contributed by atoms with Crippen LogP contribution in [-0.4, -0.2) is 15.0 Å². The molecule has 47 heavy (non-hydrogen) atoms. The molecule has 2 aromatic heterocycles. The topological polar surface area (TPSA) is 99.4 Å². The number of rotatable bonds is 5. The Kier molecular flexibility index (Phi) is 6.80. The smallest absolute Gasteiger partial charge is 0.164 e. The molecule has 0 spiro atoms. The lowest BCUT2D eigenvalue weighted by Crippen LogP contribution is -2.00. The maximum absolute atomic E-state index is 9.86. The van der Waals surface area contributed by atoms with E-state index in [4.69, 9.17) is 19.4 Å². The Morgan fingerprint density at radius 3 is 1.77 bits per heavy atom. The molecule has 0 radical (unpaired) electrons. The molecule has 0 aliphatic carbocycles. The fourth-order valence-corrected chi connectivity index (χ4v) is 6.01. The lowest BCUT2D eigenvalue weighted by atomic mass is 9.95. The first kappa shape index (κ1) is 27.6. The summed E-state index contributed by atoms with van der Waals surface area (Å²) in [6.07, 6.45) is 0. The summed E-state index contributed by atoms with van der Waals surface area (Å²) >= 11 is 0. The number of nitriles is 2. The fraction of sp³-hybridized carbons (Fsp3) is 0. The summed E-state index contributed by atoms with van der Waals surface area (Å²) in [4.78, 5) is 14.8. The summed E-state index contributed by atoms with van der Waals surface area (Å²) in [6, 6.07) is 49.6. The molecule has 0 bridgehead atoms. The van der Waals surface area contributed by atoms with Gasteiger partial charge in [0.15, 0.2) is 17.5 Å². The number of hydrogen-bond acceptors (Lipinski definition) is 6. The van der Waals surface area contributed by atoms with Gasteiger partial charge in [-0.15, -0.1) is 0 Å². The van der Waals surface area contributed by atoms with E-state index >= 15 is 0 Å². The normalized spacial score (nSPS) is 10.9. The van der Waals surface area contributed by atoms with E-state index in [1.54, 1.807) is 12.1 Å². The Morgan fingerprint density at radius 1 is 0.447 bits per heavy atom. The van der Waals surface area contributed by atoms with Gasteiger partial charge < -0.3 is 4.42 Å². The van der Waals surface area contributed by atoms with Gasteiger partial charge in [0.2, 0.25) is 0 Å². The van der Waals surface area contributed by atoms with Crippen molar-refractivity contribution in [3.8, 4) is 68.6 Å². The molecular weight excluding hydrogens is 578 g/mol. The van der Waals surface area contributed by atoms with Crippen molar-refractivity contribution in [3.63, 3.8) is 0 Å². The molecule has 0 saturated heterocycles. The van der Waals surface area contributed by atoms with Crippen molar-refractivity contribution < 1.29 is 4.42 Å². The maximum Gasteiger partial charge on any atom is 0.164 e. The number of hydrogen-bond donors (Lipinski definition) is 0. The van der Waals surface area contributed by atoms with Crippen LogP contribution in [0.4, 0.5) is 0 Å². The summed E-state index contributed by atoms with van der Waals surface area (Å²) in [6.45, 7) is 0. The summed E-state index contributed by atoms with van der Waals surface area (Å²) in [5, 5.41) is 21.5. The molecule has 8 rings (SSSR count). The minimum Gasteiger partial charge on any atom is -0.456 e. The third-order valence-corrected chi connectivity index (χ3v) is 8.24. The van der Waals surface area contributed by atoms with Crippen molar-refractivity contribution in [1.82, 2.24) is 15.0 Å². The van der Waals surface area contributed by atoms with Crippen molar-refractivity contribution >= 4 is 21.9 Å². The van der Waals surface area contributed by atoms with E-state index in [-0.39, 0.29) is 0 Å². The van der Waals surface area contributed by atoms with Crippen LogP contribution >= 0.6 is 0 Å². The summed E-state index contributed by atoms with van der Waals surface area (Å²) < 4.78 is 6.39. The van der Waals surface area contributed by atoms with Crippen LogP contribution in [0.3, 0.4) is 0 Å². The highest BCUT2D eigenvalue weighted by molar-refractivity contribution is 6.13. The van der Waals surface area contributed by atoms with Crippen LogP contribution in [0.25, 0.3) is 78.4 Å². The van der Waals surface area contributed by atoms with Crippen LogP contribution in [0.1, 0.15) is 11.1 Å². The Labute approximate surface area is 270 Å². The number of nitrogens with zero attached hydrogens (tertiary/aromatic N) is 5. The first-order chi connectivity index (χ1) is 23.2. The molecular formula is C41H23N5O. The van der Waals surface area contributed by atoms with Crippen molar-refractivity contribution in [2.45, 2.75) is 0 Å². The molecule has 8 aromatic rings. The zero-order valence-corrected chi connectivity index (χ0v) is 24.9. The van der Waals surface area contributed by atoms with Gasteiger partial charge in [0, 0.05) is 33.0 Å². The van der Waals surface area contributed by atoms with Crippen molar-refractivity contribution in [2.24, 2.45) is 0 Å². The van der Waals surface area contributed by atoms with E-state index in [2.05, 4.69) is 36.4 Å². The number of furan rings is 1. The van der Waals surface area contributed by atoms with Gasteiger partial charge in [-0.05, 0) is 47.0 Å². The zero-order valence-electron chi connectivity index (χ0n) is 24.9. The summed E-state index contributed by atoms with van der Waals surface area (Å²) in [7, 11) is 0. The average molecular weight is 602 g/mol. The Balaban J connectivity index is 1.28. The first-order valence-electron chi connectivity index (χ1n) is 15.1. The molecule has 6 nitrogen and oxygen atoms in total. The molecule has 0 N–H and O–H groups in total. The predicted molar refractivity (Wildman–Crippen MR) is 184 cm³/mol. The molecule has 0 atom stereocenters. The van der Waals surface area contributed by atoms with Crippen LogP contribution in [-0.2, 0) is 0 Å². The molecule has 0 aliphatic heterocycles. The third-order valence-electron chi connectivity index (χ3n) is 8.24. The lowest BCUT2D eigenvalue weighted by molar-refractivity contribution is 0.669. The van der Waals surface area contributed by atoms with Crippen LogP contribution in [0.2, 0.25) is 0 Å². The van der Waals surface area contributed by atoms with Gasteiger partial charge in [0.1, 0.15) is 23.3 Å². The predicted octanol–water partition coefficient (Wildman–Crippen LogP) is 9.85. The SMILES string of the molecule is N#Cc1cccc(-c2cccc(-c3nc(-c4ccccc4)nc(-c4ccc5c(c4)oc4cccc(-c6ccccc6)c45)n3)c2)c1C#N.